The molecule has 0 saturated heterocycles. The van der Waals surface area contributed by atoms with Gasteiger partial charge in [-0.25, -0.2) is 19.7 Å². The van der Waals surface area contributed by atoms with Gasteiger partial charge >= 0.3 is 12.2 Å². The van der Waals surface area contributed by atoms with Crippen LogP contribution < -0.4 is 16.4 Å². The molecule has 0 spiro atoms. The topological polar surface area (TPSA) is 111 Å². The predicted molar refractivity (Wildman–Crippen MR) is 110 cm³/mol. The van der Waals surface area contributed by atoms with Gasteiger partial charge in [0.05, 0.1) is 5.56 Å². The van der Waals surface area contributed by atoms with E-state index in [4.69, 9.17) is 5.73 Å². The number of carbonyl (C=O) groups is 1. The molecule has 0 radical (unpaired) electrons. The van der Waals surface area contributed by atoms with Crippen molar-refractivity contribution < 1.29 is 18.0 Å². The Morgan fingerprint density at radius 3 is 2.45 bits per heavy atom. The van der Waals surface area contributed by atoms with Crippen LogP contribution in [0, 0.1) is 6.92 Å². The number of aromatic nitrogens is 4. The largest absolute Gasteiger partial charge is 0.416 e. The second-order valence-corrected chi connectivity index (χ2v) is 6.63. The zero-order chi connectivity index (χ0) is 22.2. The zero-order valence-corrected chi connectivity index (χ0v) is 16.1. The minimum Gasteiger partial charge on any atom is -0.382 e. The number of urea groups is 1. The summed E-state index contributed by atoms with van der Waals surface area (Å²) in [6.45, 7) is 1.80. The smallest absolute Gasteiger partial charge is 0.382 e. The Morgan fingerprint density at radius 1 is 1.03 bits per heavy atom. The number of nitrogens with zero attached hydrogens (tertiary/aromatic N) is 4. The van der Waals surface area contributed by atoms with Crippen molar-refractivity contribution in [3.05, 3.63) is 66.2 Å². The Hall–Kier alpha value is -4.15. The van der Waals surface area contributed by atoms with Crippen molar-refractivity contribution >= 4 is 34.4 Å². The van der Waals surface area contributed by atoms with Gasteiger partial charge in [0, 0.05) is 17.1 Å². The second kappa shape index (κ2) is 7.59. The number of imidazole rings is 1. The predicted octanol–water partition coefficient (Wildman–Crippen LogP) is 4.37. The first-order valence-corrected chi connectivity index (χ1v) is 9.03. The van der Waals surface area contributed by atoms with Crippen molar-refractivity contribution in [3.63, 3.8) is 0 Å². The lowest BCUT2D eigenvalue weighted by Gasteiger charge is -2.11. The Morgan fingerprint density at radius 2 is 1.74 bits per heavy atom. The average molecular weight is 427 g/mol. The number of nitrogens with one attached hydrogen (secondary N) is 2. The molecule has 0 aliphatic heterocycles. The first-order valence-electron chi connectivity index (χ1n) is 9.03. The van der Waals surface area contributed by atoms with Gasteiger partial charge in [-0.15, -0.1) is 0 Å². The molecule has 0 bridgehead atoms. The summed E-state index contributed by atoms with van der Waals surface area (Å²) in [6.07, 6.45) is -3.14. The molecule has 2 amide bonds. The maximum absolute atomic E-state index is 12.8. The van der Waals surface area contributed by atoms with E-state index in [1.165, 1.54) is 18.5 Å². The molecule has 11 heteroatoms. The molecular formula is C20H16F3N7O. The SMILES string of the molecule is Cc1nc2c(N)ncnc2n1-c1ccc(NC(=O)Nc2cccc(C(F)(F)F)c2)cc1. The summed E-state index contributed by atoms with van der Waals surface area (Å²) in [5.41, 5.74) is 7.26. The highest BCUT2D eigenvalue weighted by molar-refractivity contribution is 5.99. The molecule has 0 aliphatic rings. The molecule has 8 nitrogen and oxygen atoms in total. The van der Waals surface area contributed by atoms with Crippen molar-refractivity contribution in [2.75, 3.05) is 16.4 Å². The number of anilines is 3. The molecule has 158 valence electrons. The van der Waals surface area contributed by atoms with Crippen LogP contribution in [0.5, 0.6) is 0 Å². The lowest BCUT2D eigenvalue weighted by molar-refractivity contribution is -0.137. The van der Waals surface area contributed by atoms with Crippen LogP contribution in [0.3, 0.4) is 0 Å². The first-order chi connectivity index (χ1) is 14.7. The highest BCUT2D eigenvalue weighted by Gasteiger charge is 2.30. The third-order valence-corrected chi connectivity index (χ3v) is 4.47. The molecule has 4 rings (SSSR count). The van der Waals surface area contributed by atoms with Gasteiger partial charge in [-0.3, -0.25) is 4.57 Å². The van der Waals surface area contributed by atoms with E-state index < -0.39 is 17.8 Å². The number of rotatable bonds is 3. The lowest BCUT2D eigenvalue weighted by atomic mass is 10.2. The number of hydrogen-bond donors (Lipinski definition) is 3. The number of carbonyl (C=O) groups excluding carboxylic acids is 1. The minimum absolute atomic E-state index is 0.0294. The summed E-state index contributed by atoms with van der Waals surface area (Å²) in [4.78, 5) is 24.7. The average Bonchev–Trinajstić information content (AvgIpc) is 3.05. The van der Waals surface area contributed by atoms with Crippen LogP contribution in [0.4, 0.5) is 35.2 Å². The Bertz CT molecular complexity index is 1270. The fourth-order valence-electron chi connectivity index (χ4n) is 3.09. The zero-order valence-electron chi connectivity index (χ0n) is 16.1. The fraction of sp³-hybridized carbons (Fsp3) is 0.100. The lowest BCUT2D eigenvalue weighted by Crippen LogP contribution is -2.19. The van der Waals surface area contributed by atoms with Gasteiger partial charge in [-0.2, -0.15) is 13.2 Å². The molecule has 0 aliphatic carbocycles. The van der Waals surface area contributed by atoms with Gasteiger partial charge in [0.2, 0.25) is 0 Å². The fourth-order valence-corrected chi connectivity index (χ4v) is 3.09. The second-order valence-electron chi connectivity index (χ2n) is 6.63. The number of nitrogen functional groups attached to an aromatic ring is 1. The molecule has 0 unspecified atom stereocenters. The monoisotopic (exact) mass is 427 g/mol. The van der Waals surface area contributed by atoms with E-state index in [-0.39, 0.29) is 11.5 Å². The number of halogens is 3. The summed E-state index contributed by atoms with van der Waals surface area (Å²) >= 11 is 0. The van der Waals surface area contributed by atoms with Crippen molar-refractivity contribution in [1.29, 1.82) is 0 Å². The van der Waals surface area contributed by atoms with Crippen LogP contribution >= 0.6 is 0 Å². The number of alkyl halides is 3. The Kier molecular flexibility index (Phi) is 4.93. The summed E-state index contributed by atoms with van der Waals surface area (Å²) in [5, 5.41) is 4.97. The molecule has 2 heterocycles. The van der Waals surface area contributed by atoms with E-state index in [0.717, 1.165) is 17.8 Å². The van der Waals surface area contributed by atoms with Crippen LogP contribution in [0.1, 0.15) is 11.4 Å². The van der Waals surface area contributed by atoms with Crippen molar-refractivity contribution in [2.24, 2.45) is 0 Å². The van der Waals surface area contributed by atoms with Crippen molar-refractivity contribution in [3.8, 4) is 5.69 Å². The summed E-state index contributed by atoms with van der Waals surface area (Å²) in [6, 6.07) is 10.5. The van der Waals surface area contributed by atoms with Gasteiger partial charge in [0.1, 0.15) is 12.2 Å². The third-order valence-electron chi connectivity index (χ3n) is 4.47. The molecule has 2 aromatic heterocycles. The van der Waals surface area contributed by atoms with E-state index in [9.17, 15) is 18.0 Å². The minimum atomic E-state index is -4.49. The van der Waals surface area contributed by atoms with E-state index in [1.807, 2.05) is 0 Å². The maximum atomic E-state index is 12.8. The van der Waals surface area contributed by atoms with Gasteiger partial charge in [0.15, 0.2) is 17.0 Å². The number of fused-ring (bicyclic) bond motifs is 1. The van der Waals surface area contributed by atoms with Crippen LogP contribution in [-0.2, 0) is 6.18 Å². The van der Waals surface area contributed by atoms with Crippen LogP contribution in [0.15, 0.2) is 54.9 Å². The first kappa shape index (κ1) is 20.1. The van der Waals surface area contributed by atoms with Gasteiger partial charge in [-0.05, 0) is 49.4 Å². The van der Waals surface area contributed by atoms with Gasteiger partial charge in [0.25, 0.3) is 0 Å². The number of amides is 2. The molecule has 2 aromatic carbocycles. The van der Waals surface area contributed by atoms with E-state index in [2.05, 4.69) is 25.6 Å². The maximum Gasteiger partial charge on any atom is 0.416 e. The number of benzene rings is 2. The summed E-state index contributed by atoms with van der Waals surface area (Å²) in [7, 11) is 0. The number of hydrogen-bond acceptors (Lipinski definition) is 5. The molecule has 4 N–H and O–H groups in total. The molecule has 4 aromatic rings. The quantitative estimate of drug-likeness (QED) is 0.450. The van der Waals surface area contributed by atoms with Crippen LogP contribution in [-0.4, -0.2) is 25.6 Å². The summed E-state index contributed by atoms with van der Waals surface area (Å²) < 4.78 is 40.2. The van der Waals surface area contributed by atoms with Crippen LogP contribution in [0.25, 0.3) is 16.9 Å². The van der Waals surface area contributed by atoms with Gasteiger partial charge in [-0.1, -0.05) is 6.07 Å². The Balaban J connectivity index is 1.50. The van der Waals surface area contributed by atoms with Crippen molar-refractivity contribution in [1.82, 2.24) is 19.5 Å². The molecule has 31 heavy (non-hydrogen) atoms. The standard InChI is InChI=1S/C20H16F3N7O/c1-11-27-16-17(24)25-10-26-18(16)30(11)15-7-5-13(6-8-15)28-19(31)29-14-4-2-3-12(9-14)20(21,22)23/h2-10H,1H3,(H2,24,25,26)(H2,28,29,31). The number of aryl methyl sites for hydroxylation is 1. The highest BCUT2D eigenvalue weighted by atomic mass is 19.4. The van der Waals surface area contributed by atoms with E-state index in [1.54, 1.807) is 35.8 Å². The normalized spacial score (nSPS) is 11.5. The molecule has 0 saturated carbocycles. The van der Waals surface area contributed by atoms with E-state index in [0.29, 0.717) is 22.7 Å². The third kappa shape index (κ3) is 4.10. The van der Waals surface area contributed by atoms with E-state index >= 15 is 0 Å². The summed E-state index contributed by atoms with van der Waals surface area (Å²) in [5.74, 6) is 0.932. The van der Waals surface area contributed by atoms with Crippen LogP contribution in [0.2, 0.25) is 0 Å². The highest BCUT2D eigenvalue weighted by Crippen LogP contribution is 2.30. The molecular weight excluding hydrogens is 411 g/mol. The molecule has 0 fully saturated rings. The number of nitrogens with two attached hydrogens (primary N) is 1. The Labute approximate surface area is 173 Å². The van der Waals surface area contributed by atoms with Crippen molar-refractivity contribution in [2.45, 2.75) is 13.1 Å². The molecule has 0 atom stereocenters. The van der Waals surface area contributed by atoms with Gasteiger partial charge < -0.3 is 16.4 Å².